The number of aromatic nitrogens is 1. The number of nitrogens with zero attached hydrogens (tertiary/aromatic N) is 2. The van der Waals surface area contributed by atoms with Crippen molar-refractivity contribution in [1.82, 2.24) is 9.88 Å². The van der Waals surface area contributed by atoms with Crippen molar-refractivity contribution in [3.8, 4) is 0 Å². The Labute approximate surface area is 111 Å². The number of primary amides is 1. The third-order valence-electron chi connectivity index (χ3n) is 3.42. The van der Waals surface area contributed by atoms with Gasteiger partial charge in [0.1, 0.15) is 12.3 Å². The summed E-state index contributed by atoms with van der Waals surface area (Å²) in [5, 5.41) is 8.81. The molecule has 2 amide bonds. The molecule has 1 saturated heterocycles. The number of piperidine rings is 1. The van der Waals surface area contributed by atoms with Gasteiger partial charge in [0.15, 0.2) is 0 Å². The highest BCUT2D eigenvalue weighted by molar-refractivity contribution is 5.90. The number of carbonyl (C=O) groups excluding carboxylic acids is 2. The average molecular weight is 263 g/mol. The van der Waals surface area contributed by atoms with Crippen LogP contribution in [-0.4, -0.2) is 46.5 Å². The Bertz CT molecular complexity index is 482. The quantitative estimate of drug-likeness (QED) is 0.794. The monoisotopic (exact) mass is 263 g/mol. The third-order valence-corrected chi connectivity index (χ3v) is 3.42. The fraction of sp³-hybridized carbons (Fsp3) is 0.462. The van der Waals surface area contributed by atoms with E-state index in [2.05, 4.69) is 4.98 Å². The molecule has 19 heavy (non-hydrogen) atoms. The van der Waals surface area contributed by atoms with E-state index in [9.17, 15) is 9.59 Å². The van der Waals surface area contributed by atoms with Crippen molar-refractivity contribution in [2.75, 3.05) is 19.7 Å². The van der Waals surface area contributed by atoms with E-state index >= 15 is 0 Å². The van der Waals surface area contributed by atoms with Gasteiger partial charge < -0.3 is 15.7 Å². The molecule has 0 aromatic carbocycles. The standard InChI is InChI=1S/C13H17N3O3/c14-13(19)11-3-1-2-10(15-11)9-4-6-16(7-5-9)12(18)8-17/h1-3,9,17H,4-8H2,(H2,14,19). The van der Waals surface area contributed by atoms with Gasteiger partial charge in [-0.3, -0.25) is 9.59 Å². The Morgan fingerprint density at radius 3 is 2.63 bits per heavy atom. The first-order chi connectivity index (χ1) is 9.11. The lowest BCUT2D eigenvalue weighted by molar-refractivity contribution is -0.135. The number of hydrogen-bond acceptors (Lipinski definition) is 4. The molecule has 1 aromatic rings. The van der Waals surface area contributed by atoms with Gasteiger partial charge in [-0.2, -0.15) is 0 Å². The zero-order chi connectivity index (χ0) is 13.8. The number of carbonyl (C=O) groups is 2. The van der Waals surface area contributed by atoms with Crippen LogP contribution in [0.5, 0.6) is 0 Å². The van der Waals surface area contributed by atoms with Crippen molar-refractivity contribution >= 4 is 11.8 Å². The maximum Gasteiger partial charge on any atom is 0.267 e. The second kappa shape index (κ2) is 5.79. The lowest BCUT2D eigenvalue weighted by atomic mass is 9.93. The predicted molar refractivity (Wildman–Crippen MR) is 68.4 cm³/mol. The number of amides is 2. The lowest BCUT2D eigenvalue weighted by Crippen LogP contribution is -2.39. The van der Waals surface area contributed by atoms with E-state index in [1.807, 2.05) is 6.07 Å². The highest BCUT2D eigenvalue weighted by Crippen LogP contribution is 2.26. The summed E-state index contributed by atoms with van der Waals surface area (Å²) in [5.74, 6) is -0.547. The average Bonchev–Trinajstić information content (AvgIpc) is 2.46. The number of nitrogens with two attached hydrogens (primary N) is 1. The zero-order valence-electron chi connectivity index (χ0n) is 10.6. The van der Waals surface area contributed by atoms with E-state index in [1.165, 1.54) is 0 Å². The first kappa shape index (κ1) is 13.5. The topological polar surface area (TPSA) is 96.5 Å². The molecule has 0 spiro atoms. The van der Waals surface area contributed by atoms with E-state index in [1.54, 1.807) is 17.0 Å². The molecular weight excluding hydrogens is 246 g/mol. The van der Waals surface area contributed by atoms with Crippen molar-refractivity contribution in [1.29, 1.82) is 0 Å². The number of likely N-dealkylation sites (tertiary alicyclic amines) is 1. The van der Waals surface area contributed by atoms with Crippen molar-refractivity contribution in [2.45, 2.75) is 18.8 Å². The van der Waals surface area contributed by atoms with E-state index in [0.29, 0.717) is 13.1 Å². The molecule has 102 valence electrons. The second-order valence-electron chi connectivity index (χ2n) is 4.63. The minimum absolute atomic E-state index is 0.224. The Morgan fingerprint density at radius 2 is 2.05 bits per heavy atom. The molecule has 3 N–H and O–H groups in total. The van der Waals surface area contributed by atoms with Gasteiger partial charge >= 0.3 is 0 Å². The molecule has 6 heteroatoms. The fourth-order valence-electron chi connectivity index (χ4n) is 2.34. The van der Waals surface area contributed by atoms with Crippen molar-refractivity contribution in [2.24, 2.45) is 5.73 Å². The van der Waals surface area contributed by atoms with Crippen LogP contribution in [0.15, 0.2) is 18.2 Å². The van der Waals surface area contributed by atoms with Crippen molar-refractivity contribution in [3.63, 3.8) is 0 Å². The van der Waals surface area contributed by atoms with E-state index in [4.69, 9.17) is 10.8 Å². The summed E-state index contributed by atoms with van der Waals surface area (Å²) in [5.41, 5.74) is 6.32. The number of aliphatic hydroxyl groups excluding tert-OH is 1. The van der Waals surface area contributed by atoms with Gasteiger partial charge in [0.05, 0.1) is 0 Å². The van der Waals surface area contributed by atoms with Gasteiger partial charge in [0.25, 0.3) is 5.91 Å². The van der Waals surface area contributed by atoms with Crippen LogP contribution < -0.4 is 5.73 Å². The van der Waals surface area contributed by atoms with E-state index in [0.717, 1.165) is 18.5 Å². The summed E-state index contributed by atoms with van der Waals surface area (Å²) in [6, 6.07) is 5.24. The summed E-state index contributed by atoms with van der Waals surface area (Å²) in [6.07, 6.45) is 1.56. The highest BCUT2D eigenvalue weighted by Gasteiger charge is 2.24. The van der Waals surface area contributed by atoms with Crippen LogP contribution in [0.1, 0.15) is 34.9 Å². The molecule has 1 aliphatic rings. The summed E-state index contributed by atoms with van der Waals surface area (Å²) in [4.78, 5) is 28.4. The number of rotatable bonds is 3. The molecule has 0 atom stereocenters. The molecule has 0 bridgehead atoms. The number of pyridine rings is 1. The zero-order valence-corrected chi connectivity index (χ0v) is 10.6. The van der Waals surface area contributed by atoms with Gasteiger partial charge in [-0.25, -0.2) is 4.98 Å². The van der Waals surface area contributed by atoms with Gasteiger partial charge in [-0.15, -0.1) is 0 Å². The van der Waals surface area contributed by atoms with Crippen LogP contribution in [0.2, 0.25) is 0 Å². The molecule has 2 heterocycles. The molecule has 6 nitrogen and oxygen atoms in total. The number of aliphatic hydroxyl groups is 1. The summed E-state index contributed by atoms with van der Waals surface area (Å²) in [7, 11) is 0. The Balaban J connectivity index is 2.03. The molecule has 2 rings (SSSR count). The third kappa shape index (κ3) is 3.08. The normalized spacial score (nSPS) is 16.4. The molecule has 1 aromatic heterocycles. The molecule has 0 saturated carbocycles. The maximum absolute atomic E-state index is 11.4. The van der Waals surface area contributed by atoms with Crippen molar-refractivity contribution in [3.05, 3.63) is 29.6 Å². The van der Waals surface area contributed by atoms with Crippen LogP contribution in [0.3, 0.4) is 0 Å². The van der Waals surface area contributed by atoms with Gasteiger partial charge in [0, 0.05) is 24.7 Å². The molecule has 1 aliphatic heterocycles. The van der Waals surface area contributed by atoms with Crippen LogP contribution in [0, 0.1) is 0 Å². The van der Waals surface area contributed by atoms with Gasteiger partial charge in [-0.1, -0.05) is 6.07 Å². The minimum Gasteiger partial charge on any atom is -0.387 e. The summed E-state index contributed by atoms with van der Waals surface area (Å²) < 4.78 is 0. The maximum atomic E-state index is 11.4. The highest BCUT2D eigenvalue weighted by atomic mass is 16.3. The van der Waals surface area contributed by atoms with Crippen LogP contribution in [-0.2, 0) is 4.79 Å². The fourth-order valence-corrected chi connectivity index (χ4v) is 2.34. The SMILES string of the molecule is NC(=O)c1cccc(C2CCN(C(=O)CO)CC2)n1. The van der Waals surface area contributed by atoms with Gasteiger partial charge in [-0.05, 0) is 25.0 Å². The van der Waals surface area contributed by atoms with Crippen LogP contribution >= 0.6 is 0 Å². The Hall–Kier alpha value is -1.95. The first-order valence-corrected chi connectivity index (χ1v) is 6.27. The summed E-state index contributed by atoms with van der Waals surface area (Å²) in [6.45, 7) is 0.763. The number of hydrogen-bond donors (Lipinski definition) is 2. The Morgan fingerprint density at radius 1 is 1.37 bits per heavy atom. The molecular formula is C13H17N3O3. The molecule has 0 unspecified atom stereocenters. The smallest absolute Gasteiger partial charge is 0.267 e. The van der Waals surface area contributed by atoms with Crippen LogP contribution in [0.4, 0.5) is 0 Å². The largest absolute Gasteiger partial charge is 0.387 e. The second-order valence-corrected chi connectivity index (χ2v) is 4.63. The predicted octanol–water partition coefficient (Wildman–Crippen LogP) is -0.121. The summed E-state index contributed by atoms with van der Waals surface area (Å²) >= 11 is 0. The van der Waals surface area contributed by atoms with Crippen molar-refractivity contribution < 1.29 is 14.7 Å². The molecule has 0 radical (unpaired) electrons. The molecule has 0 aliphatic carbocycles. The van der Waals surface area contributed by atoms with E-state index in [-0.39, 0.29) is 17.5 Å². The molecule has 1 fully saturated rings. The van der Waals surface area contributed by atoms with E-state index < -0.39 is 12.5 Å². The van der Waals surface area contributed by atoms with Gasteiger partial charge in [0.2, 0.25) is 5.91 Å². The Kier molecular flexibility index (Phi) is 4.11. The first-order valence-electron chi connectivity index (χ1n) is 6.27. The van der Waals surface area contributed by atoms with Crippen LogP contribution in [0.25, 0.3) is 0 Å². The lowest BCUT2D eigenvalue weighted by Gasteiger charge is -2.31. The minimum atomic E-state index is -0.533.